The van der Waals surface area contributed by atoms with Crippen molar-refractivity contribution in [1.29, 1.82) is 5.26 Å². The average Bonchev–Trinajstić information content (AvgIpc) is 3.05. The Morgan fingerprint density at radius 1 is 1.38 bits per heavy atom. The number of nitrogens with zero attached hydrogens (tertiary/aromatic N) is 2. The second kappa shape index (κ2) is 6.01. The molecule has 0 fully saturated rings. The summed E-state index contributed by atoms with van der Waals surface area (Å²) in [5.74, 6) is 1.18. The van der Waals surface area contributed by atoms with Crippen LogP contribution in [0.25, 0.3) is 11.3 Å². The van der Waals surface area contributed by atoms with E-state index in [1.807, 2.05) is 19.1 Å². The monoisotopic (exact) mass is 282 g/mol. The van der Waals surface area contributed by atoms with Crippen LogP contribution in [0.15, 0.2) is 22.8 Å². The van der Waals surface area contributed by atoms with Gasteiger partial charge in [0.2, 0.25) is 5.88 Å². The number of ether oxygens (including phenoxy) is 1. The summed E-state index contributed by atoms with van der Waals surface area (Å²) in [6.45, 7) is 2.61. The normalized spacial score (nSPS) is 13.5. The van der Waals surface area contributed by atoms with E-state index in [1.54, 1.807) is 6.26 Å². The highest BCUT2D eigenvalue weighted by Gasteiger charge is 2.25. The van der Waals surface area contributed by atoms with Crippen molar-refractivity contribution in [3.05, 3.63) is 35.2 Å². The maximum Gasteiger partial charge on any atom is 0.232 e. The molecule has 0 atom stereocenters. The Balaban J connectivity index is 2.20. The molecule has 2 heterocycles. The van der Waals surface area contributed by atoms with Gasteiger partial charge in [0.25, 0.3) is 0 Å². The van der Waals surface area contributed by atoms with Gasteiger partial charge in [-0.2, -0.15) is 5.26 Å². The van der Waals surface area contributed by atoms with Gasteiger partial charge in [-0.25, -0.2) is 4.98 Å². The smallest absolute Gasteiger partial charge is 0.232 e. The van der Waals surface area contributed by atoms with Crippen LogP contribution in [0, 0.1) is 11.3 Å². The van der Waals surface area contributed by atoms with E-state index in [2.05, 4.69) is 11.1 Å². The predicted molar refractivity (Wildman–Crippen MR) is 79.1 cm³/mol. The van der Waals surface area contributed by atoms with Crippen LogP contribution in [0.3, 0.4) is 0 Å². The summed E-state index contributed by atoms with van der Waals surface area (Å²) in [5, 5.41) is 9.59. The highest BCUT2D eigenvalue weighted by Crippen LogP contribution is 2.37. The maximum absolute atomic E-state index is 9.59. The van der Waals surface area contributed by atoms with Crippen LogP contribution in [-0.2, 0) is 12.8 Å². The van der Waals surface area contributed by atoms with E-state index < -0.39 is 0 Å². The van der Waals surface area contributed by atoms with Crippen LogP contribution >= 0.6 is 0 Å². The lowest BCUT2D eigenvalue weighted by molar-refractivity contribution is 0.303. The first kappa shape index (κ1) is 13.7. The van der Waals surface area contributed by atoms with E-state index in [1.165, 1.54) is 0 Å². The Kier molecular flexibility index (Phi) is 3.92. The third-order valence-electron chi connectivity index (χ3n) is 3.76. The van der Waals surface area contributed by atoms with Crippen LogP contribution < -0.4 is 4.74 Å². The minimum atomic E-state index is 0.450. The molecule has 21 heavy (non-hydrogen) atoms. The molecule has 0 spiro atoms. The molecule has 0 aromatic carbocycles. The molecule has 108 valence electrons. The van der Waals surface area contributed by atoms with Gasteiger partial charge in [0.1, 0.15) is 17.4 Å². The van der Waals surface area contributed by atoms with Crippen molar-refractivity contribution in [3.63, 3.8) is 0 Å². The van der Waals surface area contributed by atoms with Gasteiger partial charge in [-0.15, -0.1) is 0 Å². The molecule has 2 aromatic heterocycles. The summed E-state index contributed by atoms with van der Waals surface area (Å²) in [6.07, 6.45) is 6.68. The Morgan fingerprint density at radius 2 is 2.24 bits per heavy atom. The maximum atomic E-state index is 9.59. The molecule has 4 heteroatoms. The van der Waals surface area contributed by atoms with Crippen molar-refractivity contribution >= 4 is 0 Å². The minimum absolute atomic E-state index is 0.450. The summed E-state index contributed by atoms with van der Waals surface area (Å²) in [7, 11) is 0. The molecule has 0 radical (unpaired) electrons. The van der Waals surface area contributed by atoms with Crippen molar-refractivity contribution in [2.45, 2.75) is 39.0 Å². The molecule has 0 N–H and O–H groups in total. The van der Waals surface area contributed by atoms with E-state index in [0.717, 1.165) is 54.7 Å². The molecule has 4 nitrogen and oxygen atoms in total. The third kappa shape index (κ3) is 2.52. The van der Waals surface area contributed by atoms with Crippen molar-refractivity contribution in [2.75, 3.05) is 6.61 Å². The van der Waals surface area contributed by atoms with Crippen molar-refractivity contribution < 1.29 is 9.15 Å². The van der Waals surface area contributed by atoms with Crippen molar-refractivity contribution in [3.8, 4) is 23.3 Å². The van der Waals surface area contributed by atoms with Gasteiger partial charge < -0.3 is 9.15 Å². The van der Waals surface area contributed by atoms with E-state index in [4.69, 9.17) is 9.15 Å². The first-order chi connectivity index (χ1) is 10.3. The van der Waals surface area contributed by atoms with E-state index in [9.17, 15) is 5.26 Å². The molecular formula is C17H18N2O2. The molecule has 0 saturated carbocycles. The molecule has 0 bridgehead atoms. The number of hydrogen-bond acceptors (Lipinski definition) is 4. The average molecular weight is 282 g/mol. The lowest BCUT2D eigenvalue weighted by atomic mass is 9.89. The number of aryl methyl sites for hydroxylation is 1. The number of furan rings is 1. The molecule has 1 aliphatic rings. The van der Waals surface area contributed by atoms with Gasteiger partial charge in [-0.3, -0.25) is 0 Å². The summed E-state index contributed by atoms with van der Waals surface area (Å²) in [5.41, 5.74) is 3.58. The Bertz CT molecular complexity index is 669. The summed E-state index contributed by atoms with van der Waals surface area (Å²) < 4.78 is 11.3. The Morgan fingerprint density at radius 3 is 2.95 bits per heavy atom. The van der Waals surface area contributed by atoms with E-state index in [0.29, 0.717) is 18.1 Å². The second-order valence-electron chi connectivity index (χ2n) is 5.24. The lowest BCUT2D eigenvalue weighted by Gasteiger charge is -2.20. The second-order valence-corrected chi connectivity index (χ2v) is 5.24. The number of rotatable bonds is 4. The van der Waals surface area contributed by atoms with Crippen LogP contribution in [0.2, 0.25) is 0 Å². The number of pyridine rings is 1. The summed E-state index contributed by atoms with van der Waals surface area (Å²) in [6, 6.07) is 6.01. The highest BCUT2D eigenvalue weighted by atomic mass is 16.5. The first-order valence-corrected chi connectivity index (χ1v) is 7.47. The Labute approximate surface area is 124 Å². The topological polar surface area (TPSA) is 59.1 Å². The summed E-state index contributed by atoms with van der Waals surface area (Å²) >= 11 is 0. The highest BCUT2D eigenvalue weighted by molar-refractivity contribution is 5.73. The molecule has 3 rings (SSSR count). The zero-order chi connectivity index (χ0) is 14.7. The molecule has 0 amide bonds. The third-order valence-corrected chi connectivity index (χ3v) is 3.76. The fourth-order valence-electron chi connectivity index (χ4n) is 2.82. The molecule has 0 saturated heterocycles. The van der Waals surface area contributed by atoms with Gasteiger partial charge in [0.05, 0.1) is 12.9 Å². The van der Waals surface area contributed by atoms with Crippen LogP contribution in [0.1, 0.15) is 43.0 Å². The Hall–Kier alpha value is -2.28. The number of aromatic nitrogens is 1. The van der Waals surface area contributed by atoms with Gasteiger partial charge in [0, 0.05) is 11.3 Å². The minimum Gasteiger partial charge on any atom is -0.477 e. The number of nitriles is 1. The van der Waals surface area contributed by atoms with Crippen LogP contribution in [-0.4, -0.2) is 11.6 Å². The van der Waals surface area contributed by atoms with Crippen molar-refractivity contribution in [1.82, 2.24) is 4.98 Å². The number of fused-ring (bicyclic) bond motifs is 1. The quantitative estimate of drug-likeness (QED) is 0.853. The zero-order valence-electron chi connectivity index (χ0n) is 12.2. The molecule has 0 unspecified atom stereocenters. The summed E-state index contributed by atoms with van der Waals surface area (Å²) in [4.78, 5) is 4.61. The first-order valence-electron chi connectivity index (χ1n) is 7.47. The van der Waals surface area contributed by atoms with E-state index in [-0.39, 0.29) is 0 Å². The predicted octanol–water partition coefficient (Wildman–Crippen LogP) is 3.88. The fourth-order valence-corrected chi connectivity index (χ4v) is 2.82. The van der Waals surface area contributed by atoms with E-state index >= 15 is 0 Å². The van der Waals surface area contributed by atoms with Gasteiger partial charge in [-0.05, 0) is 49.8 Å². The lowest BCUT2D eigenvalue weighted by Crippen LogP contribution is -2.11. The van der Waals surface area contributed by atoms with Gasteiger partial charge in [-0.1, -0.05) is 6.92 Å². The molecule has 2 aromatic rings. The fraction of sp³-hybridized carbons (Fsp3) is 0.412. The molecule has 0 aliphatic heterocycles. The molecule has 1 aliphatic carbocycles. The molecular weight excluding hydrogens is 264 g/mol. The zero-order valence-corrected chi connectivity index (χ0v) is 12.2. The largest absolute Gasteiger partial charge is 0.477 e. The van der Waals surface area contributed by atoms with Gasteiger partial charge >= 0.3 is 0 Å². The van der Waals surface area contributed by atoms with Gasteiger partial charge in [0.15, 0.2) is 0 Å². The van der Waals surface area contributed by atoms with Crippen LogP contribution in [0.4, 0.5) is 0 Å². The number of hydrogen-bond donors (Lipinski definition) is 0. The standard InChI is InChI=1S/C17H18N2O2/c1-2-9-21-17-13(11-18)16(15-8-5-10-20-15)12-6-3-4-7-14(12)19-17/h5,8,10H,2-4,6-7,9H2,1H3. The SMILES string of the molecule is CCCOc1nc2c(c(-c3ccco3)c1C#N)CCCC2. The van der Waals surface area contributed by atoms with Crippen molar-refractivity contribution in [2.24, 2.45) is 0 Å². The van der Waals surface area contributed by atoms with Crippen LogP contribution in [0.5, 0.6) is 5.88 Å².